The second-order valence-electron chi connectivity index (χ2n) is 6.77. The molecule has 0 unspecified atom stereocenters. The normalized spacial score (nSPS) is 46.4. The zero-order chi connectivity index (χ0) is 14.4. The van der Waals surface area contributed by atoms with Crippen LogP contribution in [0, 0.1) is 17.3 Å². The molecule has 0 radical (unpaired) electrons. The van der Waals surface area contributed by atoms with Crippen molar-refractivity contribution < 1.29 is 20.1 Å². The highest BCUT2D eigenvalue weighted by atomic mass is 16.4. The van der Waals surface area contributed by atoms with Crippen LogP contribution in [0.2, 0.25) is 0 Å². The van der Waals surface area contributed by atoms with Crippen LogP contribution in [0.5, 0.6) is 0 Å². The molecule has 0 aromatic heterocycles. The van der Waals surface area contributed by atoms with E-state index in [1.165, 1.54) is 0 Å². The van der Waals surface area contributed by atoms with Crippen molar-refractivity contribution in [2.75, 3.05) is 0 Å². The van der Waals surface area contributed by atoms with Gasteiger partial charge in [-0.3, -0.25) is 0 Å². The van der Waals surface area contributed by atoms with Crippen molar-refractivity contribution >= 4 is 5.97 Å². The van der Waals surface area contributed by atoms with E-state index in [1.54, 1.807) is 0 Å². The molecule has 0 aromatic rings. The van der Waals surface area contributed by atoms with Crippen LogP contribution in [0.1, 0.15) is 46.0 Å². The summed E-state index contributed by atoms with van der Waals surface area (Å²) < 4.78 is 0. The summed E-state index contributed by atoms with van der Waals surface area (Å²) in [5.74, 6) is -1.12. The molecule has 0 bridgehead atoms. The van der Waals surface area contributed by atoms with Crippen molar-refractivity contribution in [2.24, 2.45) is 17.3 Å². The molecule has 0 amide bonds. The van der Waals surface area contributed by atoms with Gasteiger partial charge in [0.1, 0.15) is 0 Å². The molecule has 4 nitrogen and oxygen atoms in total. The van der Waals surface area contributed by atoms with Crippen LogP contribution in [0.15, 0.2) is 12.2 Å². The third kappa shape index (κ3) is 2.32. The molecule has 2 aliphatic rings. The molecular weight excluding hydrogens is 244 g/mol. The minimum atomic E-state index is -0.954. The Kier molecular flexibility index (Phi) is 3.52. The molecule has 2 aliphatic carbocycles. The van der Waals surface area contributed by atoms with Crippen LogP contribution in [0.3, 0.4) is 0 Å². The Hall–Kier alpha value is -0.870. The first-order valence-corrected chi connectivity index (χ1v) is 7.01. The third-order valence-electron chi connectivity index (χ3n) is 5.55. The first-order chi connectivity index (χ1) is 8.68. The van der Waals surface area contributed by atoms with Crippen molar-refractivity contribution in [3.63, 3.8) is 0 Å². The molecule has 2 fully saturated rings. The number of aliphatic carboxylic acids is 1. The van der Waals surface area contributed by atoms with E-state index in [2.05, 4.69) is 6.58 Å². The zero-order valence-corrected chi connectivity index (χ0v) is 11.7. The van der Waals surface area contributed by atoms with Crippen molar-refractivity contribution in [3.05, 3.63) is 12.2 Å². The molecular formula is C15H24O4. The summed E-state index contributed by atoms with van der Waals surface area (Å²) in [6, 6.07) is 0. The maximum atomic E-state index is 11.1. The van der Waals surface area contributed by atoms with Gasteiger partial charge in [-0.25, -0.2) is 4.79 Å². The van der Waals surface area contributed by atoms with Crippen LogP contribution in [-0.2, 0) is 4.79 Å². The van der Waals surface area contributed by atoms with Gasteiger partial charge in [0.25, 0.3) is 0 Å². The van der Waals surface area contributed by atoms with Crippen molar-refractivity contribution in [1.82, 2.24) is 0 Å². The fourth-order valence-electron chi connectivity index (χ4n) is 4.12. The molecule has 5 atom stereocenters. The summed E-state index contributed by atoms with van der Waals surface area (Å²) in [6.07, 6.45) is 2.85. The van der Waals surface area contributed by atoms with Gasteiger partial charge in [-0.15, -0.1) is 0 Å². The third-order valence-corrected chi connectivity index (χ3v) is 5.55. The minimum absolute atomic E-state index is 0.0707. The number of carboxylic acid groups (broad SMARTS) is 1. The topological polar surface area (TPSA) is 77.8 Å². The highest BCUT2D eigenvalue weighted by Crippen LogP contribution is 2.56. The molecule has 108 valence electrons. The number of carboxylic acids is 1. The van der Waals surface area contributed by atoms with Crippen LogP contribution in [-0.4, -0.2) is 33.0 Å². The molecule has 0 saturated heterocycles. The standard InChI is InChI=1S/C15H24O4/c1-9(13(17)18)10-4-6-14(2)11(8-10)15(3,19)7-5-12(14)16/h10-12,16,19H,1,4-8H2,2-3H3,(H,17,18)/t10-,11-,12-,14-,15-/m1/s1. The second-order valence-corrected chi connectivity index (χ2v) is 6.77. The summed E-state index contributed by atoms with van der Waals surface area (Å²) in [7, 11) is 0. The molecule has 19 heavy (non-hydrogen) atoms. The monoisotopic (exact) mass is 268 g/mol. The second kappa shape index (κ2) is 4.60. The van der Waals surface area contributed by atoms with Gasteiger partial charge in [-0.2, -0.15) is 0 Å². The van der Waals surface area contributed by atoms with Gasteiger partial charge in [0, 0.05) is 5.57 Å². The number of rotatable bonds is 2. The fraction of sp³-hybridized carbons (Fsp3) is 0.800. The Balaban J connectivity index is 2.25. The average molecular weight is 268 g/mol. The van der Waals surface area contributed by atoms with E-state index in [-0.39, 0.29) is 22.8 Å². The summed E-state index contributed by atoms with van der Waals surface area (Å²) >= 11 is 0. The molecule has 2 rings (SSSR count). The van der Waals surface area contributed by atoms with E-state index in [0.29, 0.717) is 19.3 Å². The smallest absolute Gasteiger partial charge is 0.331 e. The van der Waals surface area contributed by atoms with Crippen molar-refractivity contribution in [3.8, 4) is 0 Å². The number of fused-ring (bicyclic) bond motifs is 1. The largest absolute Gasteiger partial charge is 0.478 e. The van der Waals surface area contributed by atoms with E-state index >= 15 is 0 Å². The van der Waals surface area contributed by atoms with Gasteiger partial charge in [0.05, 0.1) is 11.7 Å². The average Bonchev–Trinajstić information content (AvgIpc) is 2.34. The van der Waals surface area contributed by atoms with E-state index in [0.717, 1.165) is 12.8 Å². The zero-order valence-electron chi connectivity index (χ0n) is 11.7. The number of hydrogen-bond donors (Lipinski definition) is 3. The van der Waals surface area contributed by atoms with E-state index in [1.807, 2.05) is 13.8 Å². The van der Waals surface area contributed by atoms with Gasteiger partial charge in [-0.1, -0.05) is 13.5 Å². The minimum Gasteiger partial charge on any atom is -0.478 e. The predicted molar refractivity (Wildman–Crippen MR) is 71.6 cm³/mol. The molecule has 4 heteroatoms. The summed E-state index contributed by atoms with van der Waals surface area (Å²) in [5.41, 5.74) is -0.902. The summed E-state index contributed by atoms with van der Waals surface area (Å²) in [6.45, 7) is 7.50. The fourth-order valence-corrected chi connectivity index (χ4v) is 4.12. The quantitative estimate of drug-likeness (QED) is 0.669. The molecule has 0 heterocycles. The number of aliphatic hydroxyl groups excluding tert-OH is 1. The highest BCUT2D eigenvalue weighted by molar-refractivity contribution is 5.86. The lowest BCUT2D eigenvalue weighted by atomic mass is 9.52. The Labute approximate surface area is 114 Å². The van der Waals surface area contributed by atoms with Gasteiger partial charge in [0.15, 0.2) is 0 Å². The number of hydrogen-bond acceptors (Lipinski definition) is 3. The Morgan fingerprint density at radius 3 is 2.47 bits per heavy atom. The van der Waals surface area contributed by atoms with Gasteiger partial charge < -0.3 is 15.3 Å². The first kappa shape index (κ1) is 14.5. The summed E-state index contributed by atoms with van der Waals surface area (Å²) in [5, 5.41) is 29.9. The van der Waals surface area contributed by atoms with Gasteiger partial charge in [0.2, 0.25) is 0 Å². The SMILES string of the molecule is C=C(C(=O)O)[C@@H]1CC[C@@]2(C)[C@H](O)CC[C@@](C)(O)[C@@H]2C1. The lowest BCUT2D eigenvalue weighted by Crippen LogP contribution is -2.57. The molecule has 0 spiro atoms. The maximum absolute atomic E-state index is 11.1. The molecule has 2 saturated carbocycles. The van der Waals surface area contributed by atoms with Crippen LogP contribution in [0.25, 0.3) is 0 Å². The van der Waals surface area contributed by atoms with Crippen molar-refractivity contribution in [2.45, 2.75) is 57.7 Å². The van der Waals surface area contributed by atoms with Crippen molar-refractivity contribution in [1.29, 1.82) is 0 Å². The van der Waals surface area contributed by atoms with E-state index in [9.17, 15) is 15.0 Å². The van der Waals surface area contributed by atoms with E-state index in [4.69, 9.17) is 5.11 Å². The Bertz CT molecular complexity index is 401. The Morgan fingerprint density at radius 2 is 1.89 bits per heavy atom. The molecule has 0 aliphatic heterocycles. The van der Waals surface area contributed by atoms with Crippen LogP contribution >= 0.6 is 0 Å². The Morgan fingerprint density at radius 1 is 1.26 bits per heavy atom. The number of aliphatic hydroxyl groups is 2. The molecule has 0 aromatic carbocycles. The lowest BCUT2D eigenvalue weighted by Gasteiger charge is -2.56. The highest BCUT2D eigenvalue weighted by Gasteiger charge is 2.55. The van der Waals surface area contributed by atoms with E-state index < -0.39 is 17.7 Å². The van der Waals surface area contributed by atoms with Crippen LogP contribution in [0.4, 0.5) is 0 Å². The lowest BCUT2D eigenvalue weighted by molar-refractivity contribution is -0.172. The molecule has 3 N–H and O–H groups in total. The van der Waals surface area contributed by atoms with Gasteiger partial charge in [-0.05, 0) is 56.3 Å². The first-order valence-electron chi connectivity index (χ1n) is 7.01. The van der Waals surface area contributed by atoms with Gasteiger partial charge >= 0.3 is 5.97 Å². The maximum Gasteiger partial charge on any atom is 0.331 e. The predicted octanol–water partition coefficient (Wildman–Crippen LogP) is 1.96. The van der Waals surface area contributed by atoms with Crippen LogP contribution < -0.4 is 0 Å². The number of carbonyl (C=O) groups is 1. The summed E-state index contributed by atoms with van der Waals surface area (Å²) in [4.78, 5) is 11.1.